The predicted octanol–water partition coefficient (Wildman–Crippen LogP) is 4.58. The number of aryl methyl sites for hydroxylation is 1. The van der Waals surface area contributed by atoms with Crippen LogP contribution in [0.1, 0.15) is 22.1 Å². The Kier molecular flexibility index (Phi) is 5.07. The van der Waals surface area contributed by atoms with E-state index in [0.717, 1.165) is 38.5 Å². The van der Waals surface area contributed by atoms with Gasteiger partial charge in [0.05, 0.1) is 41.1 Å². The minimum absolute atomic E-state index is 0.0714. The third kappa shape index (κ3) is 3.43. The van der Waals surface area contributed by atoms with E-state index in [1.807, 2.05) is 49.4 Å². The summed E-state index contributed by atoms with van der Waals surface area (Å²) in [6.07, 6.45) is 0. The molecule has 31 heavy (non-hydrogen) atoms. The molecule has 0 spiro atoms. The third-order valence-electron chi connectivity index (χ3n) is 5.19. The van der Waals surface area contributed by atoms with E-state index in [-0.39, 0.29) is 11.2 Å². The number of hydrogen-bond donors (Lipinski definition) is 1. The van der Waals surface area contributed by atoms with Crippen LogP contribution in [0, 0.1) is 6.92 Å². The highest BCUT2D eigenvalue weighted by molar-refractivity contribution is 8.00. The van der Waals surface area contributed by atoms with Gasteiger partial charge in [-0.15, -0.1) is 11.8 Å². The number of para-hydroxylation sites is 1. The Morgan fingerprint density at radius 2 is 2.00 bits per heavy atom. The summed E-state index contributed by atoms with van der Waals surface area (Å²) in [7, 11) is 3.28. The molecule has 2 aromatic heterocycles. The molecule has 1 aliphatic rings. The number of rotatable bonds is 4. The minimum Gasteiger partial charge on any atom is -0.497 e. The number of thiazole rings is 1. The molecule has 158 valence electrons. The molecule has 0 aliphatic carbocycles. The molecule has 1 aliphatic heterocycles. The highest BCUT2D eigenvalue weighted by Gasteiger charge is 2.33. The summed E-state index contributed by atoms with van der Waals surface area (Å²) in [4.78, 5) is 17.4. The van der Waals surface area contributed by atoms with E-state index in [4.69, 9.17) is 19.6 Å². The van der Waals surface area contributed by atoms with Crippen LogP contribution in [0.4, 0.5) is 5.82 Å². The first-order chi connectivity index (χ1) is 15.1. The third-order valence-corrected chi connectivity index (χ3v) is 7.45. The average Bonchev–Trinajstić information content (AvgIpc) is 3.29. The summed E-state index contributed by atoms with van der Waals surface area (Å²) in [5, 5.41) is 8.39. The van der Waals surface area contributed by atoms with Gasteiger partial charge in [0.1, 0.15) is 17.3 Å². The Morgan fingerprint density at radius 1 is 1.16 bits per heavy atom. The highest BCUT2D eigenvalue weighted by atomic mass is 32.2. The van der Waals surface area contributed by atoms with Crippen molar-refractivity contribution in [2.75, 3.05) is 25.3 Å². The van der Waals surface area contributed by atoms with E-state index >= 15 is 0 Å². The van der Waals surface area contributed by atoms with E-state index < -0.39 is 0 Å². The fourth-order valence-corrected chi connectivity index (χ4v) is 5.89. The second-order valence-electron chi connectivity index (χ2n) is 7.07. The van der Waals surface area contributed by atoms with Gasteiger partial charge in [-0.05, 0) is 37.3 Å². The van der Waals surface area contributed by atoms with Crippen molar-refractivity contribution < 1.29 is 14.3 Å². The number of carbonyl (C=O) groups is 1. The second-order valence-corrected chi connectivity index (χ2v) is 9.17. The number of methoxy groups -OCH3 is 2. The Morgan fingerprint density at radius 3 is 2.77 bits per heavy atom. The van der Waals surface area contributed by atoms with E-state index in [0.29, 0.717) is 16.7 Å². The normalized spacial score (nSPS) is 16.0. The molecule has 1 amide bonds. The summed E-state index contributed by atoms with van der Waals surface area (Å²) in [6, 6.07) is 13.7. The van der Waals surface area contributed by atoms with Gasteiger partial charge in [-0.1, -0.05) is 23.5 Å². The van der Waals surface area contributed by atoms with Crippen LogP contribution >= 0.6 is 23.1 Å². The van der Waals surface area contributed by atoms with Gasteiger partial charge < -0.3 is 14.8 Å². The van der Waals surface area contributed by atoms with Crippen LogP contribution in [0.5, 0.6) is 11.5 Å². The van der Waals surface area contributed by atoms with Crippen LogP contribution in [0.2, 0.25) is 0 Å². The molecular weight excluding hydrogens is 432 g/mol. The molecule has 1 atom stereocenters. The quantitative estimate of drug-likeness (QED) is 0.488. The monoisotopic (exact) mass is 452 g/mol. The molecule has 0 radical (unpaired) electrons. The lowest BCUT2D eigenvalue weighted by atomic mass is 10.0. The van der Waals surface area contributed by atoms with Crippen molar-refractivity contribution >= 4 is 45.0 Å². The molecule has 7 nitrogen and oxygen atoms in total. The first-order valence-electron chi connectivity index (χ1n) is 9.68. The minimum atomic E-state index is -0.151. The van der Waals surface area contributed by atoms with Gasteiger partial charge in [-0.3, -0.25) is 4.79 Å². The van der Waals surface area contributed by atoms with E-state index in [9.17, 15) is 4.79 Å². The van der Waals surface area contributed by atoms with Crippen molar-refractivity contribution in [2.24, 2.45) is 0 Å². The van der Waals surface area contributed by atoms with Gasteiger partial charge in [-0.25, -0.2) is 4.98 Å². The van der Waals surface area contributed by atoms with Gasteiger partial charge in [0, 0.05) is 11.1 Å². The maximum Gasteiger partial charge on any atom is 0.235 e. The first-order valence-corrected chi connectivity index (χ1v) is 11.5. The standard InChI is InChI=1S/C22H20N4O3S2/c1-12-19-20(14-10-13(28-2)8-9-16(14)29-3)30-11-18(27)24-21(19)26(25-12)22-23-15-6-4-5-7-17(15)31-22/h4-10,20H,11H2,1-3H3,(H,24,27)/t20-/m0/s1. The van der Waals surface area contributed by atoms with E-state index in [1.54, 1.807) is 42.0 Å². The predicted molar refractivity (Wildman–Crippen MR) is 124 cm³/mol. The number of hydrogen-bond acceptors (Lipinski definition) is 7. The van der Waals surface area contributed by atoms with Crippen molar-refractivity contribution in [3.05, 3.63) is 59.3 Å². The Hall–Kier alpha value is -3.04. The summed E-state index contributed by atoms with van der Waals surface area (Å²) < 4.78 is 13.9. The fourth-order valence-electron chi connectivity index (χ4n) is 3.76. The van der Waals surface area contributed by atoms with Crippen molar-refractivity contribution in [1.82, 2.24) is 14.8 Å². The number of benzene rings is 2. The number of amides is 1. The molecule has 0 bridgehead atoms. The van der Waals surface area contributed by atoms with Crippen LogP contribution in [0.3, 0.4) is 0 Å². The van der Waals surface area contributed by atoms with Crippen molar-refractivity contribution in [3.63, 3.8) is 0 Å². The number of nitrogens with one attached hydrogen (secondary N) is 1. The number of carbonyl (C=O) groups excluding carboxylic acids is 1. The summed E-state index contributed by atoms with van der Waals surface area (Å²) in [5.41, 5.74) is 3.63. The van der Waals surface area contributed by atoms with Gasteiger partial charge in [-0.2, -0.15) is 9.78 Å². The van der Waals surface area contributed by atoms with Gasteiger partial charge >= 0.3 is 0 Å². The zero-order valence-corrected chi connectivity index (χ0v) is 18.8. The van der Waals surface area contributed by atoms with Crippen LogP contribution in [-0.2, 0) is 4.79 Å². The number of anilines is 1. The van der Waals surface area contributed by atoms with Crippen LogP contribution in [-0.4, -0.2) is 40.6 Å². The van der Waals surface area contributed by atoms with E-state index in [2.05, 4.69) is 5.32 Å². The fraction of sp³-hybridized carbons (Fsp3) is 0.227. The SMILES string of the molecule is COc1ccc(OC)c([C@@H]2SCC(=O)Nc3c2c(C)nn3-c2nc3ccccc3s2)c1. The van der Waals surface area contributed by atoms with E-state index in [1.165, 1.54) is 0 Å². The topological polar surface area (TPSA) is 78.3 Å². The second kappa shape index (κ2) is 7.90. The largest absolute Gasteiger partial charge is 0.497 e. The molecule has 2 aromatic carbocycles. The number of ether oxygens (including phenoxy) is 2. The number of fused-ring (bicyclic) bond motifs is 2. The van der Waals surface area contributed by atoms with Crippen molar-refractivity contribution in [3.8, 4) is 16.6 Å². The average molecular weight is 453 g/mol. The van der Waals surface area contributed by atoms with Crippen molar-refractivity contribution in [1.29, 1.82) is 0 Å². The molecule has 0 unspecified atom stereocenters. The number of thioether (sulfide) groups is 1. The Balaban J connectivity index is 1.70. The molecule has 0 fully saturated rings. The zero-order chi connectivity index (χ0) is 21.5. The zero-order valence-electron chi connectivity index (χ0n) is 17.2. The van der Waals surface area contributed by atoms with Gasteiger partial charge in [0.2, 0.25) is 11.0 Å². The number of nitrogens with zero attached hydrogens (tertiary/aromatic N) is 3. The Bertz CT molecular complexity index is 1260. The maximum atomic E-state index is 12.6. The molecule has 5 rings (SSSR count). The first kappa shape index (κ1) is 19.9. The number of aromatic nitrogens is 3. The summed E-state index contributed by atoms with van der Waals surface area (Å²) in [6.45, 7) is 1.96. The van der Waals surface area contributed by atoms with Crippen LogP contribution < -0.4 is 14.8 Å². The molecular formula is C22H20N4O3S2. The Labute approximate surface area is 187 Å². The van der Waals surface area contributed by atoms with Gasteiger partial charge in [0.25, 0.3) is 0 Å². The smallest absolute Gasteiger partial charge is 0.235 e. The van der Waals surface area contributed by atoms with Gasteiger partial charge in [0.15, 0.2) is 0 Å². The lowest BCUT2D eigenvalue weighted by molar-refractivity contribution is -0.113. The summed E-state index contributed by atoms with van der Waals surface area (Å²) >= 11 is 3.09. The molecule has 4 aromatic rings. The van der Waals surface area contributed by atoms with Crippen LogP contribution in [0.25, 0.3) is 15.3 Å². The lowest BCUT2D eigenvalue weighted by Crippen LogP contribution is -2.15. The van der Waals surface area contributed by atoms with Crippen molar-refractivity contribution in [2.45, 2.75) is 12.2 Å². The van der Waals surface area contributed by atoms with Crippen LogP contribution in [0.15, 0.2) is 42.5 Å². The highest BCUT2D eigenvalue weighted by Crippen LogP contribution is 2.47. The lowest BCUT2D eigenvalue weighted by Gasteiger charge is -2.19. The molecule has 0 saturated heterocycles. The summed E-state index contributed by atoms with van der Waals surface area (Å²) in [5.74, 6) is 2.38. The molecule has 9 heteroatoms. The molecule has 3 heterocycles. The molecule has 1 N–H and O–H groups in total. The maximum absolute atomic E-state index is 12.6. The molecule has 0 saturated carbocycles.